The molecule has 0 atom stereocenters. The van der Waals surface area contributed by atoms with Gasteiger partial charge in [-0.05, 0) is 32.9 Å². The molecular formula is C13H19ClN4O2. The minimum Gasteiger partial charge on any atom is -0.370 e. The van der Waals surface area contributed by atoms with Crippen LogP contribution in [0.2, 0.25) is 5.02 Å². The molecule has 0 bridgehead atoms. The van der Waals surface area contributed by atoms with Gasteiger partial charge in [-0.25, -0.2) is 4.98 Å². The van der Waals surface area contributed by atoms with Gasteiger partial charge in [0.1, 0.15) is 11.5 Å². The lowest BCUT2D eigenvalue weighted by molar-refractivity contribution is -0.119. The Bertz CT molecular complexity index is 517. The van der Waals surface area contributed by atoms with E-state index in [4.69, 9.17) is 17.3 Å². The van der Waals surface area contributed by atoms with Crippen molar-refractivity contribution in [1.29, 1.82) is 0 Å². The number of nitrogens with two attached hydrogens (primary N) is 1. The van der Waals surface area contributed by atoms with E-state index in [0.29, 0.717) is 12.4 Å². The topological polar surface area (TPSA) is 97.1 Å². The summed E-state index contributed by atoms with van der Waals surface area (Å²) in [4.78, 5) is 27.3. The molecule has 1 aromatic rings. The highest BCUT2D eigenvalue weighted by Crippen LogP contribution is 2.18. The molecule has 0 saturated carbocycles. The standard InChI is InChI=1S/C13H19ClN4O2/c1-4-16-10-6-5-8(14)11(17-10)12(20)18-13(2,3)7-9(15)19/h5-6H,4,7H2,1-3H3,(H2,15,19)(H,16,17)(H,18,20). The van der Waals surface area contributed by atoms with Crippen LogP contribution in [0.3, 0.4) is 0 Å². The highest BCUT2D eigenvalue weighted by Gasteiger charge is 2.25. The van der Waals surface area contributed by atoms with E-state index in [9.17, 15) is 9.59 Å². The van der Waals surface area contributed by atoms with Crippen LogP contribution in [0.25, 0.3) is 0 Å². The Balaban J connectivity index is 2.91. The van der Waals surface area contributed by atoms with Gasteiger partial charge >= 0.3 is 0 Å². The van der Waals surface area contributed by atoms with Crippen LogP contribution in [0.5, 0.6) is 0 Å². The number of amides is 2. The maximum absolute atomic E-state index is 12.2. The number of primary amides is 1. The van der Waals surface area contributed by atoms with Gasteiger partial charge < -0.3 is 16.4 Å². The van der Waals surface area contributed by atoms with Crippen LogP contribution < -0.4 is 16.4 Å². The molecule has 0 spiro atoms. The molecule has 2 amide bonds. The maximum atomic E-state index is 12.2. The SMILES string of the molecule is CCNc1ccc(Cl)c(C(=O)NC(C)(C)CC(N)=O)n1. The van der Waals surface area contributed by atoms with Gasteiger partial charge in [-0.15, -0.1) is 0 Å². The minimum atomic E-state index is -0.762. The van der Waals surface area contributed by atoms with Crippen LogP contribution in [-0.2, 0) is 4.79 Å². The first-order valence-electron chi connectivity index (χ1n) is 6.26. The number of nitrogens with zero attached hydrogens (tertiary/aromatic N) is 1. The monoisotopic (exact) mass is 298 g/mol. The fourth-order valence-corrected chi connectivity index (χ4v) is 1.92. The number of aromatic nitrogens is 1. The molecule has 0 fully saturated rings. The van der Waals surface area contributed by atoms with Crippen LogP contribution in [0.4, 0.5) is 5.82 Å². The van der Waals surface area contributed by atoms with Crippen LogP contribution in [0.15, 0.2) is 12.1 Å². The Morgan fingerprint density at radius 3 is 2.60 bits per heavy atom. The first-order chi connectivity index (χ1) is 9.25. The zero-order chi connectivity index (χ0) is 15.3. The number of hydrogen-bond donors (Lipinski definition) is 3. The fraction of sp³-hybridized carbons (Fsp3) is 0.462. The van der Waals surface area contributed by atoms with E-state index in [1.165, 1.54) is 0 Å². The van der Waals surface area contributed by atoms with Crippen LogP contribution in [-0.4, -0.2) is 28.9 Å². The van der Waals surface area contributed by atoms with Crippen molar-refractivity contribution in [2.24, 2.45) is 5.73 Å². The van der Waals surface area contributed by atoms with Crippen molar-refractivity contribution in [3.63, 3.8) is 0 Å². The number of carbonyl (C=O) groups excluding carboxylic acids is 2. The van der Waals surface area contributed by atoms with E-state index in [1.54, 1.807) is 26.0 Å². The van der Waals surface area contributed by atoms with E-state index in [-0.39, 0.29) is 17.1 Å². The maximum Gasteiger partial charge on any atom is 0.271 e. The van der Waals surface area contributed by atoms with Gasteiger partial charge in [0.2, 0.25) is 5.91 Å². The number of carbonyl (C=O) groups is 2. The molecule has 4 N–H and O–H groups in total. The molecule has 110 valence electrons. The van der Waals surface area contributed by atoms with Crippen LogP contribution in [0.1, 0.15) is 37.7 Å². The summed E-state index contributed by atoms with van der Waals surface area (Å²) in [5.74, 6) is -0.369. The van der Waals surface area contributed by atoms with Gasteiger partial charge in [-0.3, -0.25) is 9.59 Å². The molecule has 6 nitrogen and oxygen atoms in total. The average Bonchev–Trinajstić information content (AvgIpc) is 2.29. The molecule has 0 aliphatic carbocycles. The molecule has 0 saturated heterocycles. The lowest BCUT2D eigenvalue weighted by Gasteiger charge is -2.24. The molecular weight excluding hydrogens is 280 g/mol. The summed E-state index contributed by atoms with van der Waals surface area (Å²) in [6, 6.07) is 3.29. The summed E-state index contributed by atoms with van der Waals surface area (Å²) >= 11 is 5.98. The lowest BCUT2D eigenvalue weighted by atomic mass is 10.00. The van der Waals surface area contributed by atoms with Gasteiger partial charge in [-0.2, -0.15) is 0 Å². The van der Waals surface area contributed by atoms with Crippen molar-refractivity contribution in [2.75, 3.05) is 11.9 Å². The Kier molecular flexibility index (Phi) is 5.33. The van der Waals surface area contributed by atoms with Gasteiger partial charge in [0, 0.05) is 18.5 Å². The molecule has 1 aromatic heterocycles. The predicted octanol–water partition coefficient (Wildman–Crippen LogP) is 1.55. The number of nitrogens with one attached hydrogen (secondary N) is 2. The molecule has 1 rings (SSSR count). The molecule has 20 heavy (non-hydrogen) atoms. The smallest absolute Gasteiger partial charge is 0.271 e. The molecule has 0 aliphatic heterocycles. The van der Waals surface area contributed by atoms with E-state index < -0.39 is 17.4 Å². The van der Waals surface area contributed by atoms with Crippen molar-refractivity contribution < 1.29 is 9.59 Å². The molecule has 0 aliphatic rings. The van der Waals surface area contributed by atoms with Gasteiger partial charge in [0.25, 0.3) is 5.91 Å². The van der Waals surface area contributed by atoms with Crippen molar-refractivity contribution in [3.05, 3.63) is 22.8 Å². The molecule has 0 aromatic carbocycles. The van der Waals surface area contributed by atoms with E-state index >= 15 is 0 Å². The average molecular weight is 299 g/mol. The number of pyridine rings is 1. The quantitative estimate of drug-likeness (QED) is 0.742. The number of halogens is 1. The first-order valence-corrected chi connectivity index (χ1v) is 6.64. The number of rotatable bonds is 6. The third-order valence-electron chi connectivity index (χ3n) is 2.49. The third-order valence-corrected chi connectivity index (χ3v) is 2.79. The van der Waals surface area contributed by atoms with Crippen molar-refractivity contribution in [3.8, 4) is 0 Å². The normalized spacial score (nSPS) is 11.0. The number of anilines is 1. The summed E-state index contributed by atoms with van der Waals surface area (Å²) < 4.78 is 0. The second-order valence-corrected chi connectivity index (χ2v) is 5.45. The second-order valence-electron chi connectivity index (χ2n) is 5.04. The Hall–Kier alpha value is -1.82. The Labute approximate surface area is 123 Å². The summed E-state index contributed by atoms with van der Waals surface area (Å²) in [7, 11) is 0. The van der Waals surface area contributed by atoms with Gasteiger partial charge in [-0.1, -0.05) is 11.6 Å². The highest BCUT2D eigenvalue weighted by molar-refractivity contribution is 6.33. The van der Waals surface area contributed by atoms with Crippen LogP contribution >= 0.6 is 11.6 Å². The predicted molar refractivity (Wildman–Crippen MR) is 78.8 cm³/mol. The summed E-state index contributed by atoms with van der Waals surface area (Å²) in [5, 5.41) is 5.95. The first kappa shape index (κ1) is 16.2. The largest absolute Gasteiger partial charge is 0.370 e. The number of hydrogen-bond acceptors (Lipinski definition) is 4. The fourth-order valence-electron chi connectivity index (χ4n) is 1.73. The van der Waals surface area contributed by atoms with E-state index in [0.717, 1.165) is 0 Å². The highest BCUT2D eigenvalue weighted by atomic mass is 35.5. The summed E-state index contributed by atoms with van der Waals surface area (Å²) in [5.41, 5.74) is 4.50. The molecule has 0 radical (unpaired) electrons. The molecule has 7 heteroatoms. The van der Waals surface area contributed by atoms with E-state index in [1.807, 2.05) is 6.92 Å². The summed E-state index contributed by atoms with van der Waals surface area (Å²) in [6.07, 6.45) is 0.0310. The van der Waals surface area contributed by atoms with Crippen LogP contribution in [0, 0.1) is 0 Å². The Morgan fingerprint density at radius 1 is 1.40 bits per heavy atom. The van der Waals surface area contributed by atoms with Crippen molar-refractivity contribution >= 4 is 29.2 Å². The van der Waals surface area contributed by atoms with Gasteiger partial charge in [0.05, 0.1) is 5.02 Å². The molecule has 1 heterocycles. The minimum absolute atomic E-state index is 0.0310. The lowest BCUT2D eigenvalue weighted by Crippen LogP contribution is -2.46. The summed E-state index contributed by atoms with van der Waals surface area (Å²) in [6.45, 7) is 6.02. The zero-order valence-electron chi connectivity index (χ0n) is 11.8. The van der Waals surface area contributed by atoms with Crippen molar-refractivity contribution in [2.45, 2.75) is 32.7 Å². The van der Waals surface area contributed by atoms with Crippen molar-refractivity contribution in [1.82, 2.24) is 10.3 Å². The Morgan fingerprint density at radius 2 is 2.05 bits per heavy atom. The second kappa shape index (κ2) is 6.56. The van der Waals surface area contributed by atoms with E-state index in [2.05, 4.69) is 15.6 Å². The molecule has 0 unspecified atom stereocenters. The third kappa shape index (κ3) is 4.70. The van der Waals surface area contributed by atoms with Gasteiger partial charge in [0.15, 0.2) is 0 Å². The zero-order valence-corrected chi connectivity index (χ0v) is 12.5.